The zero-order valence-corrected chi connectivity index (χ0v) is 12.8. The first-order valence-electron chi connectivity index (χ1n) is 7.29. The van der Waals surface area contributed by atoms with E-state index in [1.165, 1.54) is 38.9 Å². The molecule has 2 rings (SSSR count). The maximum Gasteiger partial charge on any atom is 0.0177 e. The van der Waals surface area contributed by atoms with Crippen molar-refractivity contribution in [1.82, 2.24) is 0 Å². The monoisotopic (exact) mass is 265 g/mol. The van der Waals surface area contributed by atoms with Crippen LogP contribution in [-0.4, -0.2) is 6.21 Å². The highest BCUT2D eigenvalue weighted by Gasteiger charge is 2.10. The Morgan fingerprint density at radius 1 is 1.20 bits per heavy atom. The maximum atomic E-state index is 7.22. The number of rotatable bonds is 3. The Balaban J connectivity index is 2.92. The van der Waals surface area contributed by atoms with Gasteiger partial charge in [-0.15, -0.1) is 0 Å². The molecule has 0 fully saturated rings. The lowest BCUT2D eigenvalue weighted by atomic mass is 9.90. The Hall–Kier alpha value is -1.89. The van der Waals surface area contributed by atoms with Gasteiger partial charge in [-0.2, -0.15) is 0 Å². The number of fused-ring (bicyclic) bond motifs is 1. The van der Waals surface area contributed by atoms with Crippen molar-refractivity contribution in [3.8, 4) is 0 Å². The van der Waals surface area contributed by atoms with E-state index >= 15 is 0 Å². The standard InChI is InChI=1S/C19H23N/c1-5-16-14(3)18-9-6-8-13(2)12-19(18)15(4)17(16)10-7-11-20/h6-13,20H,5H2,1-4H3/b10-7-,20-11?. The quantitative estimate of drug-likeness (QED) is 0.811. The molecule has 0 spiro atoms. The normalized spacial score (nSPS) is 17.3. The third-order valence-corrected chi connectivity index (χ3v) is 4.10. The molecule has 0 aromatic heterocycles. The van der Waals surface area contributed by atoms with E-state index in [2.05, 4.69) is 58.1 Å². The number of hydrogen-bond donors (Lipinski definition) is 1. The second-order valence-electron chi connectivity index (χ2n) is 5.43. The molecule has 0 saturated heterocycles. The zero-order valence-electron chi connectivity index (χ0n) is 12.8. The van der Waals surface area contributed by atoms with Crippen LogP contribution in [-0.2, 0) is 6.42 Å². The summed E-state index contributed by atoms with van der Waals surface area (Å²) in [6.07, 6.45) is 15.2. The molecule has 1 nitrogen and oxygen atoms in total. The van der Waals surface area contributed by atoms with E-state index in [0.29, 0.717) is 5.92 Å². The Bertz CT molecular complexity index is 703. The van der Waals surface area contributed by atoms with Gasteiger partial charge in [0.05, 0.1) is 0 Å². The molecule has 1 heteroatoms. The van der Waals surface area contributed by atoms with Crippen LogP contribution in [0.4, 0.5) is 0 Å². The van der Waals surface area contributed by atoms with E-state index in [-0.39, 0.29) is 0 Å². The van der Waals surface area contributed by atoms with Crippen LogP contribution in [0, 0.1) is 25.2 Å². The molecule has 1 unspecified atom stereocenters. The summed E-state index contributed by atoms with van der Waals surface area (Å²) >= 11 is 0. The minimum absolute atomic E-state index is 0.456. The molecule has 1 aliphatic carbocycles. The van der Waals surface area contributed by atoms with Crippen LogP contribution in [0.3, 0.4) is 0 Å². The lowest BCUT2D eigenvalue weighted by Gasteiger charge is -2.14. The highest BCUT2D eigenvalue weighted by molar-refractivity contribution is 5.78. The summed E-state index contributed by atoms with van der Waals surface area (Å²) < 4.78 is 0. The lowest BCUT2D eigenvalue weighted by Crippen LogP contribution is -2.32. The van der Waals surface area contributed by atoms with E-state index in [9.17, 15) is 0 Å². The second-order valence-corrected chi connectivity index (χ2v) is 5.43. The first-order valence-corrected chi connectivity index (χ1v) is 7.29. The zero-order chi connectivity index (χ0) is 14.7. The molecular weight excluding hydrogens is 242 g/mol. The van der Waals surface area contributed by atoms with Gasteiger partial charge >= 0.3 is 0 Å². The van der Waals surface area contributed by atoms with Crippen LogP contribution in [0.25, 0.3) is 18.2 Å². The van der Waals surface area contributed by atoms with Gasteiger partial charge in [0.2, 0.25) is 0 Å². The van der Waals surface area contributed by atoms with Gasteiger partial charge in [-0.3, -0.25) is 0 Å². The predicted octanol–water partition coefficient (Wildman–Crippen LogP) is 3.30. The van der Waals surface area contributed by atoms with Gasteiger partial charge in [-0.1, -0.05) is 44.2 Å². The van der Waals surface area contributed by atoms with Crippen molar-refractivity contribution >= 4 is 24.4 Å². The SMILES string of the molecule is CCc1c(/C=C\C=N)c(C)c2c(c1C)=CC=CC(C)C=2. The van der Waals surface area contributed by atoms with Crippen LogP contribution in [0.5, 0.6) is 0 Å². The average Bonchev–Trinajstić information content (AvgIpc) is 2.63. The molecule has 0 saturated carbocycles. The molecule has 0 bridgehead atoms. The third-order valence-electron chi connectivity index (χ3n) is 4.10. The Morgan fingerprint density at radius 3 is 2.60 bits per heavy atom. The summed E-state index contributed by atoms with van der Waals surface area (Å²) in [4.78, 5) is 0. The Kier molecular flexibility index (Phi) is 4.39. The van der Waals surface area contributed by atoms with Crippen LogP contribution in [0.15, 0.2) is 18.2 Å². The van der Waals surface area contributed by atoms with Crippen LogP contribution in [0.1, 0.15) is 36.1 Å². The average molecular weight is 265 g/mol. The first kappa shape index (κ1) is 14.5. The minimum Gasteiger partial charge on any atom is -0.309 e. The summed E-state index contributed by atoms with van der Waals surface area (Å²) in [5.41, 5.74) is 5.37. The fourth-order valence-electron chi connectivity index (χ4n) is 3.04. The molecule has 0 amide bonds. The number of hydrogen-bond acceptors (Lipinski definition) is 1. The van der Waals surface area contributed by atoms with Gasteiger partial charge in [-0.25, -0.2) is 0 Å². The summed E-state index contributed by atoms with van der Waals surface area (Å²) in [6.45, 7) is 8.83. The van der Waals surface area contributed by atoms with E-state index in [4.69, 9.17) is 5.41 Å². The second kappa shape index (κ2) is 6.04. The van der Waals surface area contributed by atoms with Crippen molar-refractivity contribution in [2.45, 2.75) is 34.1 Å². The molecule has 1 aromatic rings. The molecule has 1 aromatic carbocycles. The van der Waals surface area contributed by atoms with Crippen molar-refractivity contribution in [3.05, 3.63) is 50.9 Å². The Morgan fingerprint density at radius 2 is 1.95 bits per heavy atom. The van der Waals surface area contributed by atoms with Crippen LogP contribution >= 0.6 is 0 Å². The smallest absolute Gasteiger partial charge is 0.0177 e. The first-order chi connectivity index (χ1) is 9.60. The molecule has 1 atom stereocenters. The van der Waals surface area contributed by atoms with E-state index < -0.39 is 0 Å². The number of nitrogens with one attached hydrogen (secondary N) is 1. The predicted molar refractivity (Wildman–Crippen MR) is 89.6 cm³/mol. The summed E-state index contributed by atoms with van der Waals surface area (Å²) in [6, 6.07) is 0. The molecule has 1 aliphatic rings. The number of benzene rings is 1. The minimum atomic E-state index is 0.456. The van der Waals surface area contributed by atoms with E-state index in [0.717, 1.165) is 6.42 Å². The molecular formula is C19H23N. The molecule has 104 valence electrons. The summed E-state index contributed by atoms with van der Waals surface area (Å²) in [7, 11) is 0. The largest absolute Gasteiger partial charge is 0.309 e. The van der Waals surface area contributed by atoms with Crippen LogP contribution < -0.4 is 10.4 Å². The summed E-state index contributed by atoms with van der Waals surface area (Å²) in [5, 5.41) is 9.93. The van der Waals surface area contributed by atoms with Crippen molar-refractivity contribution < 1.29 is 0 Å². The van der Waals surface area contributed by atoms with E-state index in [1.54, 1.807) is 0 Å². The molecule has 20 heavy (non-hydrogen) atoms. The fourth-order valence-corrected chi connectivity index (χ4v) is 3.04. The molecule has 0 heterocycles. The number of allylic oxidation sites excluding steroid dienone is 3. The van der Waals surface area contributed by atoms with Gasteiger partial charge in [-0.05, 0) is 65.0 Å². The van der Waals surface area contributed by atoms with Gasteiger partial charge < -0.3 is 5.41 Å². The topological polar surface area (TPSA) is 23.9 Å². The highest BCUT2D eigenvalue weighted by atomic mass is 14.3. The Labute approximate surface area is 121 Å². The van der Waals surface area contributed by atoms with Crippen molar-refractivity contribution in [2.75, 3.05) is 0 Å². The van der Waals surface area contributed by atoms with Gasteiger partial charge in [0.25, 0.3) is 0 Å². The van der Waals surface area contributed by atoms with Gasteiger partial charge in [0.15, 0.2) is 0 Å². The lowest BCUT2D eigenvalue weighted by molar-refractivity contribution is 0.993. The van der Waals surface area contributed by atoms with Crippen molar-refractivity contribution in [3.63, 3.8) is 0 Å². The molecule has 0 radical (unpaired) electrons. The highest BCUT2D eigenvalue weighted by Crippen LogP contribution is 2.17. The van der Waals surface area contributed by atoms with Gasteiger partial charge in [0, 0.05) is 6.21 Å². The summed E-state index contributed by atoms with van der Waals surface area (Å²) in [5.74, 6) is 0.456. The molecule has 0 aliphatic heterocycles. The van der Waals surface area contributed by atoms with Crippen molar-refractivity contribution in [1.29, 1.82) is 5.41 Å². The van der Waals surface area contributed by atoms with E-state index in [1.807, 2.05) is 6.08 Å². The van der Waals surface area contributed by atoms with Crippen molar-refractivity contribution in [2.24, 2.45) is 5.92 Å². The van der Waals surface area contributed by atoms with Gasteiger partial charge in [0.1, 0.15) is 0 Å². The third kappa shape index (κ3) is 2.53. The van der Waals surface area contributed by atoms with Crippen LogP contribution in [0.2, 0.25) is 0 Å². The fraction of sp³-hybridized carbons (Fsp3) is 0.316. The molecule has 1 N–H and O–H groups in total. The maximum absolute atomic E-state index is 7.22.